The Balaban J connectivity index is 2.02. The molecule has 1 saturated carbocycles. The molecular formula is C14H20N4O3. The lowest BCUT2D eigenvalue weighted by Gasteiger charge is -2.15. The zero-order valence-electron chi connectivity index (χ0n) is 12.3. The van der Waals surface area contributed by atoms with Gasteiger partial charge in [0.1, 0.15) is 11.3 Å². The van der Waals surface area contributed by atoms with E-state index in [1.165, 1.54) is 18.9 Å². The zero-order chi connectivity index (χ0) is 15.4. The average Bonchev–Trinajstić information content (AvgIpc) is 3.30. The molecule has 2 N–H and O–H groups in total. The molecule has 2 rings (SSSR count). The highest BCUT2D eigenvalue weighted by Crippen LogP contribution is 2.28. The maximum absolute atomic E-state index is 12.1. The molecule has 0 saturated heterocycles. The summed E-state index contributed by atoms with van der Waals surface area (Å²) in [6.45, 7) is 1.22. The number of anilines is 1. The van der Waals surface area contributed by atoms with Gasteiger partial charge in [0.05, 0.1) is 4.92 Å². The summed E-state index contributed by atoms with van der Waals surface area (Å²) in [5, 5.41) is 16.6. The van der Waals surface area contributed by atoms with Crippen LogP contribution in [0.25, 0.3) is 0 Å². The van der Waals surface area contributed by atoms with Crippen LogP contribution in [0.1, 0.15) is 23.2 Å². The predicted molar refractivity (Wildman–Crippen MR) is 80.6 cm³/mol. The van der Waals surface area contributed by atoms with E-state index in [1.807, 2.05) is 7.05 Å². The summed E-state index contributed by atoms with van der Waals surface area (Å²) >= 11 is 0. The summed E-state index contributed by atoms with van der Waals surface area (Å²) in [4.78, 5) is 25.0. The van der Waals surface area contributed by atoms with E-state index in [1.54, 1.807) is 19.2 Å². The van der Waals surface area contributed by atoms with Crippen molar-refractivity contribution in [1.82, 2.24) is 10.2 Å². The predicted octanol–water partition coefficient (Wildman–Crippen LogP) is 1.46. The van der Waals surface area contributed by atoms with Gasteiger partial charge in [-0.1, -0.05) is 6.07 Å². The fourth-order valence-corrected chi connectivity index (χ4v) is 2.26. The van der Waals surface area contributed by atoms with Crippen LogP contribution in [-0.4, -0.2) is 49.0 Å². The maximum Gasteiger partial charge on any atom is 0.305 e. The number of amides is 1. The molecule has 0 bridgehead atoms. The van der Waals surface area contributed by atoms with Crippen molar-refractivity contribution in [2.24, 2.45) is 0 Å². The highest BCUT2D eigenvalue weighted by Gasteiger charge is 2.26. The summed E-state index contributed by atoms with van der Waals surface area (Å²) in [5.74, 6) is -0.414. The molecule has 114 valence electrons. The van der Waals surface area contributed by atoms with Crippen molar-refractivity contribution in [1.29, 1.82) is 0 Å². The van der Waals surface area contributed by atoms with Gasteiger partial charge in [0.25, 0.3) is 5.91 Å². The van der Waals surface area contributed by atoms with Crippen LogP contribution in [0.3, 0.4) is 0 Å². The fraction of sp³-hybridized carbons (Fsp3) is 0.500. The molecule has 0 unspecified atom stereocenters. The number of nitro benzene ring substituents is 1. The van der Waals surface area contributed by atoms with Crippen LogP contribution in [-0.2, 0) is 0 Å². The fourth-order valence-electron chi connectivity index (χ4n) is 2.26. The summed E-state index contributed by atoms with van der Waals surface area (Å²) in [6.07, 6.45) is 2.42. The topological polar surface area (TPSA) is 87.5 Å². The number of hydrogen-bond acceptors (Lipinski definition) is 5. The van der Waals surface area contributed by atoms with Crippen LogP contribution in [0.2, 0.25) is 0 Å². The maximum atomic E-state index is 12.1. The van der Waals surface area contributed by atoms with Gasteiger partial charge in [-0.05, 0) is 32.0 Å². The molecule has 1 aliphatic rings. The minimum Gasteiger partial charge on any atom is -0.383 e. The SMILES string of the molecule is CNc1cccc(C(=O)NCCN(C)C2CC2)c1[N+](=O)[O-]. The molecule has 21 heavy (non-hydrogen) atoms. The van der Waals surface area contributed by atoms with Crippen LogP contribution in [0.4, 0.5) is 11.4 Å². The molecule has 0 aromatic heterocycles. The molecule has 0 aliphatic heterocycles. The molecule has 7 nitrogen and oxygen atoms in total. The van der Waals surface area contributed by atoms with Gasteiger partial charge in [0.2, 0.25) is 0 Å². The molecule has 1 fully saturated rings. The molecule has 1 amide bonds. The van der Waals surface area contributed by atoms with E-state index in [2.05, 4.69) is 15.5 Å². The first-order chi connectivity index (χ1) is 10.0. The van der Waals surface area contributed by atoms with Crippen LogP contribution >= 0.6 is 0 Å². The minimum absolute atomic E-state index is 0.0842. The number of likely N-dealkylation sites (N-methyl/N-ethyl adjacent to an activating group) is 1. The first kappa shape index (κ1) is 15.2. The largest absolute Gasteiger partial charge is 0.383 e. The van der Waals surface area contributed by atoms with Crippen molar-refractivity contribution >= 4 is 17.3 Å². The third-order valence-corrected chi connectivity index (χ3v) is 3.65. The van der Waals surface area contributed by atoms with Gasteiger partial charge in [-0.25, -0.2) is 0 Å². The Morgan fingerprint density at radius 2 is 2.19 bits per heavy atom. The Morgan fingerprint density at radius 3 is 2.76 bits per heavy atom. The van der Waals surface area contributed by atoms with Crippen LogP contribution in [0, 0.1) is 10.1 Å². The first-order valence-electron chi connectivity index (χ1n) is 6.98. The highest BCUT2D eigenvalue weighted by atomic mass is 16.6. The molecule has 0 atom stereocenters. The molecule has 1 aromatic rings. The van der Waals surface area contributed by atoms with Crippen LogP contribution in [0.15, 0.2) is 18.2 Å². The number of nitrogens with one attached hydrogen (secondary N) is 2. The third kappa shape index (κ3) is 3.69. The normalized spacial score (nSPS) is 14.0. The second-order valence-corrected chi connectivity index (χ2v) is 5.18. The van der Waals surface area contributed by atoms with Gasteiger partial charge in [0.15, 0.2) is 0 Å². The van der Waals surface area contributed by atoms with Gasteiger partial charge < -0.3 is 15.5 Å². The van der Waals surface area contributed by atoms with Crippen molar-refractivity contribution in [2.75, 3.05) is 32.5 Å². The molecule has 1 aliphatic carbocycles. The van der Waals surface area contributed by atoms with E-state index >= 15 is 0 Å². The van der Waals surface area contributed by atoms with E-state index in [-0.39, 0.29) is 11.3 Å². The number of nitro groups is 1. The van der Waals surface area contributed by atoms with Crippen molar-refractivity contribution < 1.29 is 9.72 Å². The van der Waals surface area contributed by atoms with Gasteiger partial charge in [0, 0.05) is 26.2 Å². The van der Waals surface area contributed by atoms with E-state index < -0.39 is 10.8 Å². The van der Waals surface area contributed by atoms with Gasteiger partial charge in [-0.2, -0.15) is 0 Å². The number of carbonyl (C=O) groups excluding carboxylic acids is 1. The smallest absolute Gasteiger partial charge is 0.305 e. The van der Waals surface area contributed by atoms with Crippen molar-refractivity contribution in [3.63, 3.8) is 0 Å². The summed E-state index contributed by atoms with van der Waals surface area (Å²) in [5.41, 5.74) is 0.233. The van der Waals surface area contributed by atoms with E-state index in [0.717, 1.165) is 6.54 Å². The number of nitrogens with zero attached hydrogens (tertiary/aromatic N) is 2. The van der Waals surface area contributed by atoms with Gasteiger partial charge >= 0.3 is 5.69 Å². The summed E-state index contributed by atoms with van der Waals surface area (Å²) < 4.78 is 0. The molecule has 0 radical (unpaired) electrons. The quantitative estimate of drug-likeness (QED) is 0.587. The van der Waals surface area contributed by atoms with Gasteiger partial charge in [-0.15, -0.1) is 0 Å². The van der Waals surface area contributed by atoms with Crippen molar-refractivity contribution in [3.05, 3.63) is 33.9 Å². The summed E-state index contributed by atoms with van der Waals surface area (Å²) in [7, 11) is 3.61. The monoisotopic (exact) mass is 292 g/mol. The first-order valence-corrected chi connectivity index (χ1v) is 6.98. The minimum atomic E-state index is -0.531. The number of rotatable bonds is 7. The van der Waals surface area contributed by atoms with Crippen molar-refractivity contribution in [2.45, 2.75) is 18.9 Å². The second-order valence-electron chi connectivity index (χ2n) is 5.18. The van der Waals surface area contributed by atoms with Gasteiger partial charge in [-0.3, -0.25) is 14.9 Å². The Kier molecular flexibility index (Phi) is 4.74. The molecule has 7 heteroatoms. The average molecular weight is 292 g/mol. The lowest BCUT2D eigenvalue weighted by molar-refractivity contribution is -0.384. The lowest BCUT2D eigenvalue weighted by atomic mass is 10.1. The number of benzene rings is 1. The second kappa shape index (κ2) is 6.53. The number of para-hydroxylation sites is 1. The van der Waals surface area contributed by atoms with E-state index in [4.69, 9.17) is 0 Å². The number of hydrogen-bond donors (Lipinski definition) is 2. The Bertz CT molecular complexity index is 543. The number of carbonyl (C=O) groups is 1. The molecule has 0 spiro atoms. The standard InChI is InChI=1S/C14H20N4O3/c1-15-12-5-3-4-11(13(12)18(20)21)14(19)16-8-9-17(2)10-6-7-10/h3-5,10,15H,6-9H2,1-2H3,(H,16,19). The Labute approximate surface area is 123 Å². The van der Waals surface area contributed by atoms with Crippen LogP contribution in [0.5, 0.6) is 0 Å². The van der Waals surface area contributed by atoms with Crippen LogP contribution < -0.4 is 10.6 Å². The third-order valence-electron chi connectivity index (χ3n) is 3.65. The van der Waals surface area contributed by atoms with Crippen molar-refractivity contribution in [3.8, 4) is 0 Å². The molecular weight excluding hydrogens is 272 g/mol. The highest BCUT2D eigenvalue weighted by molar-refractivity contribution is 6.00. The lowest BCUT2D eigenvalue weighted by Crippen LogP contribution is -2.34. The Hall–Kier alpha value is -2.15. The molecule has 0 heterocycles. The van der Waals surface area contributed by atoms with E-state index in [0.29, 0.717) is 18.3 Å². The molecule has 1 aromatic carbocycles. The zero-order valence-corrected chi connectivity index (χ0v) is 12.3. The van der Waals surface area contributed by atoms with E-state index in [9.17, 15) is 14.9 Å². The summed E-state index contributed by atoms with van der Waals surface area (Å²) in [6, 6.07) is 5.31. The Morgan fingerprint density at radius 1 is 1.48 bits per heavy atom.